The van der Waals surface area contributed by atoms with E-state index in [1.54, 1.807) is 6.20 Å². The molecule has 96 valence electrons. The van der Waals surface area contributed by atoms with Gasteiger partial charge in [-0.3, -0.25) is 4.90 Å². The minimum atomic E-state index is 0.154. The van der Waals surface area contributed by atoms with E-state index in [9.17, 15) is 0 Å². The van der Waals surface area contributed by atoms with E-state index in [2.05, 4.69) is 22.0 Å². The smallest absolute Gasteiger partial charge is 0.180 e. The first-order chi connectivity index (χ1) is 8.78. The first-order valence-corrected chi connectivity index (χ1v) is 6.67. The van der Waals surface area contributed by atoms with Gasteiger partial charge in [0.2, 0.25) is 0 Å². The molecule has 3 N–H and O–H groups in total. The van der Waals surface area contributed by atoms with Gasteiger partial charge < -0.3 is 10.8 Å². The molecule has 0 radical (unpaired) electrons. The van der Waals surface area contributed by atoms with Gasteiger partial charge in [0.1, 0.15) is 0 Å². The van der Waals surface area contributed by atoms with Crippen LogP contribution in [0.25, 0.3) is 0 Å². The zero-order valence-electron chi connectivity index (χ0n) is 10.1. The van der Waals surface area contributed by atoms with Crippen molar-refractivity contribution in [2.75, 3.05) is 18.9 Å². The summed E-state index contributed by atoms with van der Waals surface area (Å²) >= 11 is 1.50. The summed E-state index contributed by atoms with van der Waals surface area (Å²) in [5, 5.41) is 9.71. The van der Waals surface area contributed by atoms with Crippen molar-refractivity contribution in [1.29, 1.82) is 0 Å². The SMILES string of the molecule is Nc1ncc(CN(CCO)Cc2ccccc2)s1. The van der Waals surface area contributed by atoms with E-state index in [1.807, 2.05) is 18.2 Å². The fourth-order valence-electron chi connectivity index (χ4n) is 1.81. The summed E-state index contributed by atoms with van der Waals surface area (Å²) in [6.07, 6.45) is 1.80. The number of benzene rings is 1. The third kappa shape index (κ3) is 3.80. The molecular formula is C13H17N3OS. The molecule has 18 heavy (non-hydrogen) atoms. The molecule has 0 saturated carbocycles. The predicted molar refractivity (Wildman–Crippen MR) is 74.2 cm³/mol. The van der Waals surface area contributed by atoms with E-state index < -0.39 is 0 Å². The molecule has 1 heterocycles. The number of rotatable bonds is 6. The van der Waals surface area contributed by atoms with Gasteiger partial charge in [0.15, 0.2) is 5.13 Å². The fourth-order valence-corrected chi connectivity index (χ4v) is 2.54. The van der Waals surface area contributed by atoms with E-state index in [4.69, 9.17) is 10.8 Å². The second-order valence-electron chi connectivity index (χ2n) is 4.08. The van der Waals surface area contributed by atoms with E-state index in [0.717, 1.165) is 18.0 Å². The summed E-state index contributed by atoms with van der Waals surface area (Å²) in [4.78, 5) is 7.35. The standard InChI is InChI=1S/C13H17N3OS/c14-13-15-8-12(18-13)10-16(6-7-17)9-11-4-2-1-3-5-11/h1-5,8,17H,6-7,9-10H2,(H2,14,15). The highest BCUT2D eigenvalue weighted by Gasteiger charge is 2.08. The molecule has 1 aromatic carbocycles. The van der Waals surface area contributed by atoms with Crippen LogP contribution in [0.15, 0.2) is 36.5 Å². The van der Waals surface area contributed by atoms with E-state index in [1.165, 1.54) is 16.9 Å². The van der Waals surface area contributed by atoms with Crippen molar-refractivity contribution in [2.24, 2.45) is 0 Å². The van der Waals surface area contributed by atoms with Crippen LogP contribution in [0.5, 0.6) is 0 Å². The van der Waals surface area contributed by atoms with Gasteiger partial charge in [-0.1, -0.05) is 30.3 Å². The molecule has 5 heteroatoms. The Bertz CT molecular complexity index is 472. The molecule has 0 spiro atoms. The van der Waals surface area contributed by atoms with Gasteiger partial charge in [-0.25, -0.2) is 4.98 Å². The Morgan fingerprint density at radius 2 is 2.00 bits per heavy atom. The number of aliphatic hydroxyl groups excluding tert-OH is 1. The highest BCUT2D eigenvalue weighted by Crippen LogP contribution is 2.17. The van der Waals surface area contributed by atoms with Gasteiger partial charge in [0, 0.05) is 30.7 Å². The lowest BCUT2D eigenvalue weighted by Gasteiger charge is -2.20. The first-order valence-electron chi connectivity index (χ1n) is 5.85. The Kier molecular flexibility index (Phi) is 4.69. The zero-order chi connectivity index (χ0) is 12.8. The minimum absolute atomic E-state index is 0.154. The molecule has 0 unspecified atom stereocenters. The Labute approximate surface area is 111 Å². The molecule has 0 fully saturated rings. The van der Waals surface area contributed by atoms with Crippen LogP contribution < -0.4 is 5.73 Å². The van der Waals surface area contributed by atoms with Gasteiger partial charge in [-0.05, 0) is 5.56 Å². The number of anilines is 1. The van der Waals surface area contributed by atoms with Crippen LogP contribution in [0, 0.1) is 0 Å². The average molecular weight is 263 g/mol. The number of aliphatic hydroxyl groups is 1. The van der Waals surface area contributed by atoms with Crippen molar-refractivity contribution in [3.63, 3.8) is 0 Å². The van der Waals surface area contributed by atoms with E-state index >= 15 is 0 Å². The Hall–Kier alpha value is -1.43. The Balaban J connectivity index is 1.99. The summed E-state index contributed by atoms with van der Waals surface area (Å²) in [6.45, 7) is 2.39. The highest BCUT2D eigenvalue weighted by molar-refractivity contribution is 7.15. The molecule has 2 aromatic rings. The van der Waals surface area contributed by atoms with Gasteiger partial charge in [-0.2, -0.15) is 0 Å². The lowest BCUT2D eigenvalue weighted by atomic mass is 10.2. The van der Waals surface area contributed by atoms with Gasteiger partial charge in [-0.15, -0.1) is 11.3 Å². The lowest BCUT2D eigenvalue weighted by molar-refractivity contribution is 0.185. The molecule has 1 aromatic heterocycles. The molecular weight excluding hydrogens is 246 g/mol. The maximum Gasteiger partial charge on any atom is 0.180 e. The van der Waals surface area contributed by atoms with E-state index in [-0.39, 0.29) is 6.61 Å². The second kappa shape index (κ2) is 6.49. The van der Waals surface area contributed by atoms with Crippen molar-refractivity contribution in [2.45, 2.75) is 13.1 Å². The van der Waals surface area contributed by atoms with Crippen LogP contribution in [0.4, 0.5) is 5.13 Å². The Morgan fingerprint density at radius 3 is 2.61 bits per heavy atom. The molecule has 2 rings (SSSR count). The third-order valence-corrected chi connectivity index (χ3v) is 3.43. The molecule has 4 nitrogen and oxygen atoms in total. The van der Waals surface area contributed by atoms with E-state index in [0.29, 0.717) is 11.7 Å². The normalized spacial score (nSPS) is 11.0. The number of nitrogens with two attached hydrogens (primary N) is 1. The van der Waals surface area contributed by atoms with Crippen LogP contribution >= 0.6 is 11.3 Å². The van der Waals surface area contributed by atoms with Crippen LogP contribution in [-0.2, 0) is 13.1 Å². The third-order valence-electron chi connectivity index (χ3n) is 2.62. The number of hydrogen-bond acceptors (Lipinski definition) is 5. The number of thiazole rings is 1. The summed E-state index contributed by atoms with van der Waals surface area (Å²) in [7, 11) is 0. The Morgan fingerprint density at radius 1 is 1.22 bits per heavy atom. The molecule has 0 amide bonds. The molecule has 0 aliphatic carbocycles. The van der Waals surface area contributed by atoms with Crippen molar-refractivity contribution in [1.82, 2.24) is 9.88 Å². The molecule has 0 saturated heterocycles. The quantitative estimate of drug-likeness (QED) is 0.833. The van der Waals surface area contributed by atoms with Crippen LogP contribution in [0.1, 0.15) is 10.4 Å². The maximum absolute atomic E-state index is 9.12. The molecule has 0 aliphatic heterocycles. The van der Waals surface area contributed by atoms with Crippen LogP contribution in [-0.4, -0.2) is 28.1 Å². The molecule has 0 atom stereocenters. The number of nitrogen functional groups attached to an aromatic ring is 1. The highest BCUT2D eigenvalue weighted by atomic mass is 32.1. The molecule has 0 bridgehead atoms. The van der Waals surface area contributed by atoms with Gasteiger partial charge >= 0.3 is 0 Å². The summed E-state index contributed by atoms with van der Waals surface area (Å²) in [5.41, 5.74) is 6.86. The van der Waals surface area contributed by atoms with Gasteiger partial charge in [0.05, 0.1) is 6.61 Å². The maximum atomic E-state index is 9.12. The summed E-state index contributed by atoms with van der Waals surface area (Å²) < 4.78 is 0. The van der Waals surface area contributed by atoms with Crippen LogP contribution in [0.3, 0.4) is 0 Å². The first kappa shape index (κ1) is 13.0. The summed E-state index contributed by atoms with van der Waals surface area (Å²) in [6, 6.07) is 10.2. The fraction of sp³-hybridized carbons (Fsp3) is 0.308. The lowest BCUT2D eigenvalue weighted by Crippen LogP contribution is -2.25. The van der Waals surface area contributed by atoms with Crippen LogP contribution in [0.2, 0.25) is 0 Å². The largest absolute Gasteiger partial charge is 0.395 e. The topological polar surface area (TPSA) is 62.4 Å². The average Bonchev–Trinajstić information content (AvgIpc) is 2.76. The van der Waals surface area contributed by atoms with Crippen molar-refractivity contribution in [3.05, 3.63) is 47.0 Å². The number of hydrogen-bond donors (Lipinski definition) is 2. The predicted octanol–water partition coefficient (Wildman–Crippen LogP) is 1.72. The van der Waals surface area contributed by atoms with Gasteiger partial charge in [0.25, 0.3) is 0 Å². The minimum Gasteiger partial charge on any atom is -0.395 e. The monoisotopic (exact) mass is 263 g/mol. The van der Waals surface area contributed by atoms with Crippen molar-refractivity contribution in [3.8, 4) is 0 Å². The zero-order valence-corrected chi connectivity index (χ0v) is 10.9. The summed E-state index contributed by atoms with van der Waals surface area (Å²) in [5.74, 6) is 0. The molecule has 0 aliphatic rings. The number of aromatic nitrogens is 1. The second-order valence-corrected chi connectivity index (χ2v) is 5.23. The number of nitrogens with zero attached hydrogens (tertiary/aromatic N) is 2. The van der Waals surface area contributed by atoms with Crippen molar-refractivity contribution < 1.29 is 5.11 Å². The van der Waals surface area contributed by atoms with Crippen molar-refractivity contribution >= 4 is 16.5 Å².